The molecule has 0 aliphatic rings. The second-order valence-corrected chi connectivity index (χ2v) is 5.36. The molecule has 0 saturated carbocycles. The molecule has 0 aliphatic carbocycles. The second-order valence-electron chi connectivity index (χ2n) is 4.46. The SMILES string of the molecule is CNc1nc(Cn2nc(C)cc2C)nc2sccc12. The monoisotopic (exact) mass is 273 g/mol. The van der Waals surface area contributed by atoms with E-state index >= 15 is 0 Å². The Morgan fingerprint density at radius 2 is 2.16 bits per heavy atom. The van der Waals surface area contributed by atoms with Crippen LogP contribution in [-0.4, -0.2) is 26.8 Å². The van der Waals surface area contributed by atoms with Crippen LogP contribution < -0.4 is 5.32 Å². The molecule has 0 spiro atoms. The fraction of sp³-hybridized carbons (Fsp3) is 0.308. The Kier molecular flexibility index (Phi) is 2.94. The molecule has 0 atom stereocenters. The first kappa shape index (κ1) is 12.1. The fourth-order valence-corrected chi connectivity index (χ4v) is 2.91. The predicted molar refractivity (Wildman–Crippen MR) is 77.8 cm³/mol. The maximum atomic E-state index is 4.60. The topological polar surface area (TPSA) is 55.6 Å². The molecule has 0 saturated heterocycles. The van der Waals surface area contributed by atoms with E-state index in [-0.39, 0.29) is 0 Å². The van der Waals surface area contributed by atoms with Gasteiger partial charge in [-0.25, -0.2) is 9.97 Å². The molecule has 3 heterocycles. The van der Waals surface area contributed by atoms with E-state index in [1.807, 2.05) is 37.0 Å². The third-order valence-electron chi connectivity index (χ3n) is 3.00. The summed E-state index contributed by atoms with van der Waals surface area (Å²) in [6.45, 7) is 4.64. The van der Waals surface area contributed by atoms with E-state index in [2.05, 4.69) is 26.4 Å². The molecule has 1 N–H and O–H groups in total. The molecule has 98 valence electrons. The zero-order valence-electron chi connectivity index (χ0n) is 11.1. The normalized spacial score (nSPS) is 11.1. The summed E-state index contributed by atoms with van der Waals surface area (Å²) in [6.07, 6.45) is 0. The number of hydrogen-bond acceptors (Lipinski definition) is 5. The number of fused-ring (bicyclic) bond motifs is 1. The Morgan fingerprint density at radius 3 is 2.84 bits per heavy atom. The summed E-state index contributed by atoms with van der Waals surface area (Å²) in [6, 6.07) is 4.10. The minimum Gasteiger partial charge on any atom is -0.372 e. The third kappa shape index (κ3) is 2.19. The summed E-state index contributed by atoms with van der Waals surface area (Å²) >= 11 is 1.63. The second kappa shape index (κ2) is 4.62. The van der Waals surface area contributed by atoms with Gasteiger partial charge in [-0.1, -0.05) is 0 Å². The first-order valence-corrected chi connectivity index (χ1v) is 6.98. The van der Waals surface area contributed by atoms with E-state index in [4.69, 9.17) is 0 Å². The van der Waals surface area contributed by atoms with Gasteiger partial charge >= 0.3 is 0 Å². The lowest BCUT2D eigenvalue weighted by Crippen LogP contribution is -2.09. The highest BCUT2D eigenvalue weighted by Gasteiger charge is 2.09. The van der Waals surface area contributed by atoms with Crippen LogP contribution in [0.4, 0.5) is 5.82 Å². The highest BCUT2D eigenvalue weighted by molar-refractivity contribution is 7.16. The molecule has 3 aromatic rings. The summed E-state index contributed by atoms with van der Waals surface area (Å²) in [5.74, 6) is 1.66. The van der Waals surface area contributed by atoms with Crippen molar-refractivity contribution >= 4 is 27.4 Å². The zero-order valence-corrected chi connectivity index (χ0v) is 12.0. The number of nitrogens with one attached hydrogen (secondary N) is 1. The molecule has 0 radical (unpaired) electrons. The van der Waals surface area contributed by atoms with Crippen LogP contribution >= 0.6 is 11.3 Å². The maximum absolute atomic E-state index is 4.60. The quantitative estimate of drug-likeness (QED) is 0.797. The molecule has 19 heavy (non-hydrogen) atoms. The molecule has 5 nitrogen and oxygen atoms in total. The van der Waals surface area contributed by atoms with Gasteiger partial charge in [-0.15, -0.1) is 11.3 Å². The Hall–Kier alpha value is -1.95. The minimum absolute atomic E-state index is 0.599. The number of rotatable bonds is 3. The molecule has 3 aromatic heterocycles. The van der Waals surface area contributed by atoms with Gasteiger partial charge in [-0.05, 0) is 31.4 Å². The van der Waals surface area contributed by atoms with Crippen LogP contribution in [0.2, 0.25) is 0 Å². The van der Waals surface area contributed by atoms with Gasteiger partial charge in [0.15, 0.2) is 5.82 Å². The number of aromatic nitrogens is 4. The van der Waals surface area contributed by atoms with Crippen LogP contribution in [0.25, 0.3) is 10.2 Å². The van der Waals surface area contributed by atoms with Crippen LogP contribution in [0.5, 0.6) is 0 Å². The zero-order chi connectivity index (χ0) is 13.4. The van der Waals surface area contributed by atoms with E-state index in [1.54, 1.807) is 11.3 Å². The van der Waals surface area contributed by atoms with Gasteiger partial charge < -0.3 is 5.32 Å². The van der Waals surface area contributed by atoms with Crippen LogP contribution in [-0.2, 0) is 6.54 Å². The van der Waals surface area contributed by atoms with Crippen molar-refractivity contribution in [2.75, 3.05) is 12.4 Å². The van der Waals surface area contributed by atoms with E-state index in [0.29, 0.717) is 6.54 Å². The van der Waals surface area contributed by atoms with Gasteiger partial charge in [-0.2, -0.15) is 5.10 Å². The number of aryl methyl sites for hydroxylation is 2. The Morgan fingerprint density at radius 1 is 1.32 bits per heavy atom. The Balaban J connectivity index is 2.03. The first-order chi connectivity index (χ1) is 9.17. The molecule has 0 fully saturated rings. The lowest BCUT2D eigenvalue weighted by Gasteiger charge is -2.06. The summed E-state index contributed by atoms with van der Waals surface area (Å²) in [7, 11) is 1.88. The molecule has 0 bridgehead atoms. The van der Waals surface area contributed by atoms with E-state index in [9.17, 15) is 0 Å². The Labute approximate surface area is 115 Å². The largest absolute Gasteiger partial charge is 0.372 e. The smallest absolute Gasteiger partial charge is 0.153 e. The van der Waals surface area contributed by atoms with Crippen molar-refractivity contribution < 1.29 is 0 Å². The number of nitrogens with zero attached hydrogens (tertiary/aromatic N) is 4. The van der Waals surface area contributed by atoms with Gasteiger partial charge in [0.25, 0.3) is 0 Å². The highest BCUT2D eigenvalue weighted by atomic mass is 32.1. The number of hydrogen-bond donors (Lipinski definition) is 1. The van der Waals surface area contributed by atoms with Crippen molar-refractivity contribution in [3.05, 3.63) is 34.7 Å². The van der Waals surface area contributed by atoms with E-state index in [0.717, 1.165) is 33.2 Å². The van der Waals surface area contributed by atoms with Crippen LogP contribution in [0.3, 0.4) is 0 Å². The molecule has 6 heteroatoms. The molecule has 0 amide bonds. The molecule has 0 aromatic carbocycles. The number of anilines is 1. The third-order valence-corrected chi connectivity index (χ3v) is 3.81. The summed E-state index contributed by atoms with van der Waals surface area (Å²) < 4.78 is 1.93. The highest BCUT2D eigenvalue weighted by Crippen LogP contribution is 2.24. The van der Waals surface area contributed by atoms with Crippen LogP contribution in [0.1, 0.15) is 17.2 Å². The first-order valence-electron chi connectivity index (χ1n) is 6.10. The van der Waals surface area contributed by atoms with Crippen LogP contribution in [0.15, 0.2) is 17.5 Å². The van der Waals surface area contributed by atoms with Crippen molar-refractivity contribution in [2.45, 2.75) is 20.4 Å². The lowest BCUT2D eigenvalue weighted by molar-refractivity contribution is 0.635. The standard InChI is InChI=1S/C13H15N5S/c1-8-6-9(2)18(17-8)7-11-15-12(14-3)10-4-5-19-13(10)16-11/h4-6H,7H2,1-3H3,(H,14,15,16). The lowest BCUT2D eigenvalue weighted by atomic mass is 10.3. The summed E-state index contributed by atoms with van der Waals surface area (Å²) in [4.78, 5) is 10.2. The van der Waals surface area contributed by atoms with Gasteiger partial charge in [0, 0.05) is 12.7 Å². The average molecular weight is 273 g/mol. The van der Waals surface area contributed by atoms with Crippen molar-refractivity contribution in [2.24, 2.45) is 0 Å². The minimum atomic E-state index is 0.599. The maximum Gasteiger partial charge on any atom is 0.153 e. The molecule has 3 rings (SSSR count). The Bertz CT molecular complexity index is 728. The summed E-state index contributed by atoms with van der Waals surface area (Å²) in [5.41, 5.74) is 2.14. The van der Waals surface area contributed by atoms with Crippen molar-refractivity contribution in [3.63, 3.8) is 0 Å². The average Bonchev–Trinajstić information content (AvgIpc) is 2.95. The van der Waals surface area contributed by atoms with Crippen molar-refractivity contribution in [1.82, 2.24) is 19.7 Å². The van der Waals surface area contributed by atoms with Gasteiger partial charge in [0.2, 0.25) is 0 Å². The van der Waals surface area contributed by atoms with Crippen molar-refractivity contribution in [3.8, 4) is 0 Å². The predicted octanol–water partition coefficient (Wildman–Crippen LogP) is 2.59. The van der Waals surface area contributed by atoms with Gasteiger partial charge in [-0.3, -0.25) is 4.68 Å². The van der Waals surface area contributed by atoms with Crippen LogP contribution in [0, 0.1) is 13.8 Å². The van der Waals surface area contributed by atoms with Crippen molar-refractivity contribution in [1.29, 1.82) is 0 Å². The van der Waals surface area contributed by atoms with E-state index in [1.165, 1.54) is 0 Å². The molecular formula is C13H15N5S. The fourth-order valence-electron chi connectivity index (χ4n) is 2.13. The van der Waals surface area contributed by atoms with E-state index < -0.39 is 0 Å². The van der Waals surface area contributed by atoms with Gasteiger partial charge in [0.05, 0.1) is 11.1 Å². The summed E-state index contributed by atoms with van der Waals surface area (Å²) in [5, 5.41) is 10.7. The molecule has 0 unspecified atom stereocenters. The van der Waals surface area contributed by atoms with Gasteiger partial charge in [0.1, 0.15) is 17.2 Å². The molecular weight excluding hydrogens is 258 g/mol. The molecule has 0 aliphatic heterocycles. The number of thiophene rings is 1.